The van der Waals surface area contributed by atoms with Gasteiger partial charge in [-0.2, -0.15) is 0 Å². The first-order chi connectivity index (χ1) is 15.6. The molecule has 0 fully saturated rings. The van der Waals surface area contributed by atoms with Gasteiger partial charge in [0.05, 0.1) is 27.2 Å². The average molecular weight is 442 g/mol. The van der Waals surface area contributed by atoms with E-state index in [0.717, 1.165) is 21.8 Å². The van der Waals surface area contributed by atoms with Crippen LogP contribution in [0.25, 0.3) is 32.7 Å². The normalized spacial score (nSPS) is 12.6. The standard InChI is InChI=1S/C26H23N3O2S/c1-3-23(32-26-27-20-14-8-5-13-19(20)24(30)28(26)4-2)25(31)29-21-15-9-6-11-17(21)18-12-7-10-16-22(18)29/h5-16,23H,3-4H2,1-2H3. The summed E-state index contributed by atoms with van der Waals surface area (Å²) in [5.41, 5.74) is 2.39. The molecule has 0 saturated heterocycles. The van der Waals surface area contributed by atoms with E-state index in [1.165, 1.54) is 11.8 Å². The first-order valence-electron chi connectivity index (χ1n) is 10.8. The molecule has 5 aromatic rings. The Morgan fingerprint density at radius 3 is 2.03 bits per heavy atom. The summed E-state index contributed by atoms with van der Waals surface area (Å²) >= 11 is 1.37. The SMILES string of the molecule is CCC(Sc1nc2ccccc2c(=O)n1CC)C(=O)n1c2ccccc2c2ccccc21. The molecule has 0 aliphatic rings. The van der Waals surface area contributed by atoms with Crippen molar-refractivity contribution in [3.63, 3.8) is 0 Å². The molecule has 0 aliphatic heterocycles. The van der Waals surface area contributed by atoms with E-state index in [0.29, 0.717) is 29.0 Å². The topological polar surface area (TPSA) is 56.9 Å². The van der Waals surface area contributed by atoms with Crippen molar-refractivity contribution in [2.75, 3.05) is 0 Å². The number of nitrogens with zero attached hydrogens (tertiary/aromatic N) is 3. The Bertz CT molecular complexity index is 1480. The van der Waals surface area contributed by atoms with Crippen molar-refractivity contribution < 1.29 is 4.79 Å². The molecule has 3 aromatic carbocycles. The van der Waals surface area contributed by atoms with Crippen molar-refractivity contribution in [2.24, 2.45) is 0 Å². The van der Waals surface area contributed by atoms with Crippen molar-refractivity contribution in [2.45, 2.75) is 37.2 Å². The summed E-state index contributed by atoms with van der Waals surface area (Å²) in [6, 6.07) is 23.3. The van der Waals surface area contributed by atoms with Gasteiger partial charge in [-0.05, 0) is 37.6 Å². The van der Waals surface area contributed by atoms with Gasteiger partial charge in [-0.1, -0.05) is 67.2 Å². The van der Waals surface area contributed by atoms with Gasteiger partial charge in [-0.3, -0.25) is 18.7 Å². The molecular weight excluding hydrogens is 418 g/mol. The molecule has 5 nitrogen and oxygen atoms in total. The molecule has 0 bridgehead atoms. The fourth-order valence-electron chi connectivity index (χ4n) is 4.26. The van der Waals surface area contributed by atoms with Crippen LogP contribution in [0.5, 0.6) is 0 Å². The summed E-state index contributed by atoms with van der Waals surface area (Å²) in [5.74, 6) is -0.0000364. The molecule has 2 aromatic heterocycles. The second-order valence-electron chi connectivity index (χ2n) is 7.68. The molecule has 5 rings (SSSR count). The van der Waals surface area contributed by atoms with Crippen LogP contribution >= 0.6 is 11.8 Å². The van der Waals surface area contributed by atoms with E-state index in [1.54, 1.807) is 10.6 Å². The van der Waals surface area contributed by atoms with E-state index >= 15 is 0 Å². The first kappa shape index (κ1) is 20.5. The Morgan fingerprint density at radius 2 is 1.44 bits per heavy atom. The zero-order chi connectivity index (χ0) is 22.2. The lowest BCUT2D eigenvalue weighted by molar-refractivity contribution is 0.0919. The summed E-state index contributed by atoms with van der Waals surface area (Å²) in [5, 5.41) is 2.92. The Morgan fingerprint density at radius 1 is 0.875 bits per heavy atom. The Kier molecular flexibility index (Phi) is 5.31. The Labute approximate surface area is 189 Å². The van der Waals surface area contributed by atoms with Gasteiger partial charge >= 0.3 is 0 Å². The predicted octanol–water partition coefficient (Wildman–Crippen LogP) is 5.74. The van der Waals surface area contributed by atoms with Crippen LogP contribution in [0, 0.1) is 0 Å². The molecule has 0 saturated carbocycles. The van der Waals surface area contributed by atoms with Crippen LogP contribution in [-0.2, 0) is 6.54 Å². The van der Waals surface area contributed by atoms with Crippen molar-refractivity contribution in [3.05, 3.63) is 83.2 Å². The first-order valence-corrected chi connectivity index (χ1v) is 11.7. The second-order valence-corrected chi connectivity index (χ2v) is 8.85. The molecule has 1 atom stereocenters. The van der Waals surface area contributed by atoms with E-state index in [-0.39, 0.29) is 16.7 Å². The molecule has 0 aliphatic carbocycles. The third kappa shape index (κ3) is 3.22. The van der Waals surface area contributed by atoms with Crippen LogP contribution < -0.4 is 5.56 Å². The maximum Gasteiger partial charge on any atom is 0.262 e. The second kappa shape index (κ2) is 8.28. The highest BCUT2D eigenvalue weighted by Gasteiger charge is 2.26. The van der Waals surface area contributed by atoms with E-state index < -0.39 is 0 Å². The van der Waals surface area contributed by atoms with E-state index in [4.69, 9.17) is 4.98 Å². The smallest absolute Gasteiger partial charge is 0.262 e. The lowest BCUT2D eigenvalue weighted by Crippen LogP contribution is -2.27. The Balaban J connectivity index is 1.63. The van der Waals surface area contributed by atoms with E-state index in [1.807, 2.05) is 73.0 Å². The van der Waals surface area contributed by atoms with Gasteiger partial charge in [0.1, 0.15) is 0 Å². The van der Waals surface area contributed by atoms with Gasteiger partial charge in [-0.25, -0.2) is 4.98 Å². The third-order valence-corrected chi connectivity index (χ3v) is 7.18. The number of hydrogen-bond acceptors (Lipinski definition) is 4. The summed E-state index contributed by atoms with van der Waals surface area (Å²) in [6.07, 6.45) is 0.622. The number of rotatable bonds is 5. The van der Waals surface area contributed by atoms with Gasteiger partial charge < -0.3 is 0 Å². The number of carbonyl (C=O) groups excluding carboxylic acids is 1. The fourth-order valence-corrected chi connectivity index (χ4v) is 5.37. The number of hydrogen-bond donors (Lipinski definition) is 0. The highest BCUT2D eigenvalue weighted by molar-refractivity contribution is 8.00. The zero-order valence-corrected chi connectivity index (χ0v) is 18.8. The van der Waals surface area contributed by atoms with Crippen molar-refractivity contribution in [1.82, 2.24) is 14.1 Å². The number of para-hydroxylation sites is 3. The lowest BCUT2D eigenvalue weighted by atomic mass is 10.2. The third-order valence-electron chi connectivity index (χ3n) is 5.84. The highest BCUT2D eigenvalue weighted by Crippen LogP contribution is 2.32. The van der Waals surface area contributed by atoms with Crippen molar-refractivity contribution >= 4 is 50.4 Å². The summed E-state index contributed by atoms with van der Waals surface area (Å²) < 4.78 is 3.48. The molecule has 2 heterocycles. The molecule has 0 spiro atoms. The van der Waals surface area contributed by atoms with Crippen LogP contribution in [0.15, 0.2) is 82.7 Å². The van der Waals surface area contributed by atoms with Gasteiger partial charge in [0.25, 0.3) is 5.56 Å². The van der Waals surface area contributed by atoms with Crippen LogP contribution in [0.3, 0.4) is 0 Å². The monoisotopic (exact) mass is 441 g/mol. The molecule has 1 unspecified atom stereocenters. The fraction of sp³-hybridized carbons (Fsp3) is 0.192. The number of benzene rings is 3. The molecular formula is C26H23N3O2S. The van der Waals surface area contributed by atoms with Crippen LogP contribution in [-0.4, -0.2) is 25.3 Å². The van der Waals surface area contributed by atoms with Gasteiger partial charge in [0, 0.05) is 17.3 Å². The summed E-state index contributed by atoms with van der Waals surface area (Å²) in [4.78, 5) is 31.6. The number of thioether (sulfide) groups is 1. The summed E-state index contributed by atoms with van der Waals surface area (Å²) in [7, 11) is 0. The average Bonchev–Trinajstić information content (AvgIpc) is 3.17. The minimum absolute atomic E-state index is 0.0000364. The molecule has 160 valence electrons. The molecule has 0 N–H and O–H groups in total. The quantitative estimate of drug-likeness (QED) is 0.258. The minimum Gasteiger partial charge on any atom is -0.287 e. The predicted molar refractivity (Wildman–Crippen MR) is 132 cm³/mol. The molecule has 0 amide bonds. The number of carbonyl (C=O) groups is 1. The van der Waals surface area contributed by atoms with Crippen molar-refractivity contribution in [1.29, 1.82) is 0 Å². The number of fused-ring (bicyclic) bond motifs is 4. The number of aromatic nitrogens is 3. The largest absolute Gasteiger partial charge is 0.287 e. The van der Waals surface area contributed by atoms with Gasteiger partial charge in [0.15, 0.2) is 5.16 Å². The Hall–Kier alpha value is -3.38. The van der Waals surface area contributed by atoms with Crippen LogP contribution in [0.1, 0.15) is 25.1 Å². The van der Waals surface area contributed by atoms with E-state index in [2.05, 4.69) is 12.1 Å². The van der Waals surface area contributed by atoms with Crippen molar-refractivity contribution in [3.8, 4) is 0 Å². The van der Waals surface area contributed by atoms with Gasteiger partial charge in [-0.15, -0.1) is 0 Å². The molecule has 0 radical (unpaired) electrons. The highest BCUT2D eigenvalue weighted by atomic mass is 32.2. The van der Waals surface area contributed by atoms with E-state index in [9.17, 15) is 9.59 Å². The summed E-state index contributed by atoms with van der Waals surface area (Å²) in [6.45, 7) is 4.43. The zero-order valence-electron chi connectivity index (χ0n) is 18.0. The van der Waals surface area contributed by atoms with Crippen LogP contribution in [0.2, 0.25) is 0 Å². The maximum atomic E-state index is 13.8. The minimum atomic E-state index is -0.375. The molecule has 32 heavy (non-hydrogen) atoms. The maximum absolute atomic E-state index is 13.8. The molecule has 6 heteroatoms. The van der Waals surface area contributed by atoms with Crippen LogP contribution in [0.4, 0.5) is 0 Å². The van der Waals surface area contributed by atoms with Gasteiger partial charge in [0.2, 0.25) is 5.91 Å². The lowest BCUT2D eigenvalue weighted by Gasteiger charge is -2.18.